The second kappa shape index (κ2) is 10.5. The summed E-state index contributed by atoms with van der Waals surface area (Å²) in [6, 6.07) is 9.91. The lowest BCUT2D eigenvalue weighted by atomic mass is 10.2. The molecule has 7 nitrogen and oxygen atoms in total. The first kappa shape index (κ1) is 25.5. The number of nitrogens with zero attached hydrogens (tertiary/aromatic N) is 1. The quantitative estimate of drug-likeness (QED) is 0.614. The van der Waals surface area contributed by atoms with Crippen molar-refractivity contribution in [2.45, 2.75) is 37.4 Å². The van der Waals surface area contributed by atoms with E-state index in [0.717, 1.165) is 24.4 Å². The van der Waals surface area contributed by atoms with Crippen LogP contribution in [0.3, 0.4) is 0 Å². The first-order valence-electron chi connectivity index (χ1n) is 8.44. The smallest absolute Gasteiger partial charge is 0.490 e. The molecule has 0 radical (unpaired) electrons. The predicted molar refractivity (Wildman–Crippen MR) is 91.0 cm³/mol. The average Bonchev–Trinajstić information content (AvgIpc) is 3.25. The molecule has 2 atom stereocenters. The number of nitrogens with one attached hydrogen (secondary N) is 1. The molecule has 2 bridgehead atoms. The van der Waals surface area contributed by atoms with Crippen molar-refractivity contribution in [3.8, 4) is 5.75 Å². The van der Waals surface area contributed by atoms with Gasteiger partial charge in [0.1, 0.15) is 5.75 Å². The molecule has 0 aliphatic carbocycles. The maximum Gasteiger partial charge on any atom is 0.490 e. The van der Waals surface area contributed by atoms with Crippen LogP contribution in [-0.2, 0) is 16.1 Å². The predicted octanol–water partition coefficient (Wildman–Crippen LogP) is 2.51. The molecular weight excluding hydrogens is 426 g/mol. The largest absolute Gasteiger partial charge is 0.497 e. The van der Waals surface area contributed by atoms with Crippen molar-refractivity contribution in [2.24, 2.45) is 0 Å². The molecule has 1 aromatic carbocycles. The van der Waals surface area contributed by atoms with Crippen LogP contribution in [-0.4, -0.2) is 71.7 Å². The van der Waals surface area contributed by atoms with E-state index in [1.54, 1.807) is 7.11 Å². The number of hydrogen-bond acceptors (Lipinski definition) is 5. The van der Waals surface area contributed by atoms with Crippen LogP contribution in [0.4, 0.5) is 26.3 Å². The first-order chi connectivity index (χ1) is 13.7. The maximum atomic E-state index is 10.6. The number of rotatable bonds is 3. The summed E-state index contributed by atoms with van der Waals surface area (Å²) >= 11 is 0. The van der Waals surface area contributed by atoms with E-state index in [1.807, 2.05) is 12.1 Å². The Morgan fingerprint density at radius 3 is 1.83 bits per heavy atom. The van der Waals surface area contributed by atoms with Crippen LogP contribution in [0.25, 0.3) is 0 Å². The first-order valence-corrected chi connectivity index (χ1v) is 8.44. The Morgan fingerprint density at radius 1 is 1.07 bits per heavy atom. The van der Waals surface area contributed by atoms with Crippen molar-refractivity contribution in [3.05, 3.63) is 29.8 Å². The lowest BCUT2D eigenvalue weighted by Crippen LogP contribution is -2.42. The van der Waals surface area contributed by atoms with Crippen LogP contribution < -0.4 is 10.1 Å². The fourth-order valence-electron chi connectivity index (χ4n) is 2.81. The summed E-state index contributed by atoms with van der Waals surface area (Å²) in [5.74, 6) is -4.58. The van der Waals surface area contributed by atoms with Crippen molar-refractivity contribution >= 4 is 11.9 Å². The number of benzene rings is 1. The van der Waals surface area contributed by atoms with E-state index in [2.05, 4.69) is 22.3 Å². The third-order valence-electron chi connectivity index (χ3n) is 4.20. The van der Waals surface area contributed by atoms with Crippen molar-refractivity contribution in [1.82, 2.24) is 10.2 Å². The third-order valence-corrected chi connectivity index (χ3v) is 4.20. The minimum Gasteiger partial charge on any atom is -0.497 e. The second-order valence-electron chi connectivity index (χ2n) is 6.38. The zero-order valence-corrected chi connectivity index (χ0v) is 15.6. The number of carboxylic acids is 2. The minimum absolute atomic E-state index is 0.739. The van der Waals surface area contributed by atoms with Gasteiger partial charge < -0.3 is 20.3 Å². The normalized spacial score (nSPS) is 20.5. The fraction of sp³-hybridized carbons (Fsp3) is 0.529. The van der Waals surface area contributed by atoms with Crippen LogP contribution in [0, 0.1) is 0 Å². The van der Waals surface area contributed by atoms with E-state index in [-0.39, 0.29) is 0 Å². The van der Waals surface area contributed by atoms with Crippen molar-refractivity contribution < 1.29 is 50.9 Å². The van der Waals surface area contributed by atoms with Crippen molar-refractivity contribution in [2.75, 3.05) is 20.2 Å². The zero-order chi connectivity index (χ0) is 23.1. The van der Waals surface area contributed by atoms with Crippen LogP contribution in [0.15, 0.2) is 24.3 Å². The number of aliphatic carboxylic acids is 2. The van der Waals surface area contributed by atoms with Crippen LogP contribution in [0.5, 0.6) is 5.75 Å². The standard InChI is InChI=1S/C13H18N2O.2C2HF3O2/c1-16-13-4-2-10(3-5-13)8-15-9-11-6-12(15)7-14-11;2*3-2(4,5)1(6)7/h2-5,11-12,14H,6-9H2,1H3;2*(H,6,7). The number of methoxy groups -OCH3 is 1. The van der Waals surface area contributed by atoms with Gasteiger partial charge in [-0.15, -0.1) is 0 Å². The molecule has 0 aromatic heterocycles. The third kappa shape index (κ3) is 8.45. The Bertz CT molecular complexity index is 684. The number of hydrogen-bond donors (Lipinski definition) is 3. The lowest BCUT2D eigenvalue weighted by Gasteiger charge is -2.27. The van der Waals surface area contributed by atoms with Gasteiger partial charge in [-0.25, -0.2) is 9.59 Å². The molecule has 13 heteroatoms. The van der Waals surface area contributed by atoms with Crippen LogP contribution >= 0.6 is 0 Å². The highest BCUT2D eigenvalue weighted by atomic mass is 19.4. The van der Waals surface area contributed by atoms with E-state index < -0.39 is 24.3 Å². The highest BCUT2D eigenvalue weighted by Gasteiger charge is 2.39. The van der Waals surface area contributed by atoms with Gasteiger partial charge in [-0.05, 0) is 24.1 Å². The highest BCUT2D eigenvalue weighted by Crippen LogP contribution is 2.25. The van der Waals surface area contributed by atoms with E-state index in [1.165, 1.54) is 25.1 Å². The van der Waals surface area contributed by atoms with Gasteiger partial charge in [-0.1, -0.05) is 12.1 Å². The Kier molecular flexibility index (Phi) is 8.90. The SMILES string of the molecule is COc1ccc(CN2CC3CC2CN3)cc1.O=C(O)C(F)(F)F.O=C(O)C(F)(F)F. The van der Waals surface area contributed by atoms with Crippen molar-refractivity contribution in [3.63, 3.8) is 0 Å². The van der Waals surface area contributed by atoms with Gasteiger partial charge in [0.25, 0.3) is 0 Å². The van der Waals surface area contributed by atoms with E-state index >= 15 is 0 Å². The number of carboxylic acid groups (broad SMARTS) is 2. The summed E-state index contributed by atoms with van der Waals surface area (Å²) in [5.41, 5.74) is 1.38. The Labute approximate surface area is 167 Å². The molecule has 3 rings (SSSR count). The van der Waals surface area contributed by atoms with Gasteiger partial charge in [0, 0.05) is 31.7 Å². The van der Waals surface area contributed by atoms with E-state index in [9.17, 15) is 26.3 Å². The summed E-state index contributed by atoms with van der Waals surface area (Å²) in [4.78, 5) is 20.4. The lowest BCUT2D eigenvalue weighted by molar-refractivity contribution is -0.193. The van der Waals surface area contributed by atoms with Gasteiger partial charge in [0.05, 0.1) is 7.11 Å². The van der Waals surface area contributed by atoms with Gasteiger partial charge in [0.15, 0.2) is 0 Å². The molecule has 2 aliphatic rings. The molecule has 3 N–H and O–H groups in total. The molecule has 30 heavy (non-hydrogen) atoms. The molecule has 0 amide bonds. The number of fused-ring (bicyclic) bond motifs is 2. The number of halogens is 6. The van der Waals surface area contributed by atoms with Gasteiger partial charge in [-0.3, -0.25) is 4.90 Å². The molecule has 170 valence electrons. The topological polar surface area (TPSA) is 99.1 Å². The molecule has 2 saturated heterocycles. The molecular formula is C17H20F6N2O5. The Morgan fingerprint density at radius 2 is 1.53 bits per heavy atom. The van der Waals surface area contributed by atoms with Crippen LogP contribution in [0.2, 0.25) is 0 Å². The number of alkyl halides is 6. The second-order valence-corrected chi connectivity index (χ2v) is 6.38. The van der Waals surface area contributed by atoms with E-state index in [4.69, 9.17) is 24.5 Å². The number of piperazine rings is 1. The van der Waals surface area contributed by atoms with Gasteiger partial charge >= 0.3 is 24.3 Å². The number of likely N-dealkylation sites (tertiary alicyclic amines) is 1. The Hall–Kier alpha value is -2.54. The fourth-order valence-corrected chi connectivity index (χ4v) is 2.81. The van der Waals surface area contributed by atoms with Gasteiger partial charge in [0.2, 0.25) is 0 Å². The molecule has 1 aromatic rings. The summed E-state index contributed by atoms with van der Waals surface area (Å²) in [5, 5.41) is 17.8. The molecule has 2 heterocycles. The molecule has 0 saturated carbocycles. The number of ether oxygens (including phenoxy) is 1. The zero-order valence-electron chi connectivity index (χ0n) is 15.6. The summed E-state index contributed by atoms with van der Waals surface area (Å²) in [6.07, 6.45) is -8.84. The molecule has 2 unspecified atom stereocenters. The Balaban J connectivity index is 0.000000271. The van der Waals surface area contributed by atoms with Gasteiger partial charge in [-0.2, -0.15) is 26.3 Å². The summed E-state index contributed by atoms with van der Waals surface area (Å²) < 4.78 is 68.6. The summed E-state index contributed by atoms with van der Waals surface area (Å²) in [6.45, 7) is 3.45. The van der Waals surface area contributed by atoms with Crippen molar-refractivity contribution in [1.29, 1.82) is 0 Å². The monoisotopic (exact) mass is 446 g/mol. The minimum atomic E-state index is -5.08. The number of carbonyl (C=O) groups is 2. The molecule has 0 spiro atoms. The molecule has 2 fully saturated rings. The molecule has 2 aliphatic heterocycles. The maximum absolute atomic E-state index is 10.6. The average molecular weight is 446 g/mol. The van der Waals surface area contributed by atoms with Crippen LogP contribution in [0.1, 0.15) is 12.0 Å². The highest BCUT2D eigenvalue weighted by molar-refractivity contribution is 5.73. The summed E-state index contributed by atoms with van der Waals surface area (Å²) in [7, 11) is 1.71. The van der Waals surface area contributed by atoms with E-state index in [0.29, 0.717) is 0 Å².